The van der Waals surface area contributed by atoms with Crippen molar-refractivity contribution in [3.8, 4) is 0 Å². The SMILES string of the molecule is CC.CC.OOC1CC2(CCN(CC3CCNCC3)CC2)C1. The van der Waals surface area contributed by atoms with Crippen LogP contribution in [0.15, 0.2) is 0 Å². The standard InChI is InChI=1S/C14H26N2O2.2C2H6/c17-18-13-9-14(10-13)3-7-16(8-4-14)11-12-1-5-15-6-2-12;2*1-2/h12-13,15,17H,1-11H2;2*1-2H3. The zero-order valence-corrected chi connectivity index (χ0v) is 15.2. The van der Waals surface area contributed by atoms with Crippen LogP contribution >= 0.6 is 0 Å². The molecule has 0 bridgehead atoms. The van der Waals surface area contributed by atoms with Crippen molar-refractivity contribution in [2.24, 2.45) is 11.3 Å². The summed E-state index contributed by atoms with van der Waals surface area (Å²) in [6.07, 6.45) is 7.58. The van der Waals surface area contributed by atoms with Crippen molar-refractivity contribution in [2.75, 3.05) is 32.7 Å². The van der Waals surface area contributed by atoms with Crippen molar-refractivity contribution in [3.05, 3.63) is 0 Å². The molecule has 3 fully saturated rings. The van der Waals surface area contributed by atoms with Gasteiger partial charge in [-0.3, -0.25) is 5.26 Å². The lowest BCUT2D eigenvalue weighted by Crippen LogP contribution is -2.50. The Balaban J connectivity index is 0.000000561. The molecule has 0 amide bonds. The van der Waals surface area contributed by atoms with Gasteiger partial charge in [0, 0.05) is 6.54 Å². The normalized spacial score (nSPS) is 25.5. The fourth-order valence-electron chi connectivity index (χ4n) is 4.03. The van der Waals surface area contributed by atoms with Crippen LogP contribution in [0.2, 0.25) is 0 Å². The van der Waals surface area contributed by atoms with Crippen molar-refractivity contribution < 1.29 is 10.1 Å². The van der Waals surface area contributed by atoms with Crippen molar-refractivity contribution >= 4 is 0 Å². The molecular weight excluding hydrogens is 276 g/mol. The van der Waals surface area contributed by atoms with Gasteiger partial charge in [-0.15, -0.1) is 0 Å². The Morgan fingerprint density at radius 2 is 1.59 bits per heavy atom. The lowest BCUT2D eigenvalue weighted by Gasteiger charge is -2.51. The molecule has 1 saturated carbocycles. The molecule has 0 aromatic heterocycles. The smallest absolute Gasteiger partial charge is 0.0938 e. The molecule has 0 aromatic rings. The van der Waals surface area contributed by atoms with E-state index in [1.165, 1.54) is 58.4 Å². The Hall–Kier alpha value is -0.160. The molecule has 2 saturated heterocycles. The maximum absolute atomic E-state index is 8.65. The molecule has 132 valence electrons. The van der Waals surface area contributed by atoms with Gasteiger partial charge >= 0.3 is 0 Å². The van der Waals surface area contributed by atoms with E-state index in [9.17, 15) is 0 Å². The predicted molar refractivity (Wildman–Crippen MR) is 93.1 cm³/mol. The molecule has 3 rings (SSSR count). The Kier molecular flexibility index (Phi) is 9.57. The molecule has 2 aliphatic heterocycles. The topological polar surface area (TPSA) is 44.7 Å². The maximum Gasteiger partial charge on any atom is 0.0938 e. The molecule has 1 spiro atoms. The first kappa shape index (κ1) is 19.9. The number of nitrogens with one attached hydrogen (secondary N) is 1. The fourth-order valence-corrected chi connectivity index (χ4v) is 4.03. The number of rotatable bonds is 3. The van der Waals surface area contributed by atoms with E-state index in [-0.39, 0.29) is 6.10 Å². The quantitative estimate of drug-likeness (QED) is 0.615. The monoisotopic (exact) mass is 314 g/mol. The van der Waals surface area contributed by atoms with E-state index in [1.807, 2.05) is 27.7 Å². The summed E-state index contributed by atoms with van der Waals surface area (Å²) in [4.78, 5) is 7.10. The highest BCUT2D eigenvalue weighted by atomic mass is 17.1. The molecule has 2 N–H and O–H groups in total. The third kappa shape index (κ3) is 5.48. The minimum atomic E-state index is 0.126. The van der Waals surface area contributed by atoms with Crippen molar-refractivity contribution in [3.63, 3.8) is 0 Å². The van der Waals surface area contributed by atoms with Crippen LogP contribution in [0.3, 0.4) is 0 Å². The average Bonchev–Trinajstić information content (AvgIpc) is 2.58. The number of nitrogens with zero attached hydrogens (tertiary/aromatic N) is 1. The second kappa shape index (κ2) is 10.6. The van der Waals surface area contributed by atoms with E-state index < -0.39 is 0 Å². The van der Waals surface area contributed by atoms with Gasteiger partial charge in [-0.2, -0.15) is 0 Å². The lowest BCUT2D eigenvalue weighted by atomic mass is 9.61. The molecule has 22 heavy (non-hydrogen) atoms. The second-order valence-electron chi connectivity index (χ2n) is 6.63. The van der Waals surface area contributed by atoms with E-state index in [0.717, 1.165) is 18.8 Å². The molecule has 0 unspecified atom stereocenters. The van der Waals surface area contributed by atoms with Crippen LogP contribution in [-0.4, -0.2) is 49.0 Å². The van der Waals surface area contributed by atoms with Gasteiger partial charge in [0.2, 0.25) is 0 Å². The van der Waals surface area contributed by atoms with E-state index in [2.05, 4.69) is 15.1 Å². The van der Waals surface area contributed by atoms with Gasteiger partial charge in [0.15, 0.2) is 0 Å². The third-order valence-corrected chi connectivity index (χ3v) is 5.36. The summed E-state index contributed by atoms with van der Waals surface area (Å²) in [6, 6.07) is 0. The number of hydrogen-bond acceptors (Lipinski definition) is 4. The zero-order chi connectivity index (χ0) is 16.4. The first-order valence-corrected chi connectivity index (χ1v) is 9.53. The van der Waals surface area contributed by atoms with Crippen LogP contribution < -0.4 is 5.32 Å². The van der Waals surface area contributed by atoms with Gasteiger partial charge in [-0.1, -0.05) is 27.7 Å². The first-order chi connectivity index (χ1) is 10.8. The highest BCUT2D eigenvalue weighted by Gasteiger charge is 2.46. The van der Waals surface area contributed by atoms with Gasteiger partial charge in [0.25, 0.3) is 0 Å². The second-order valence-corrected chi connectivity index (χ2v) is 6.63. The van der Waals surface area contributed by atoms with E-state index >= 15 is 0 Å². The summed E-state index contributed by atoms with van der Waals surface area (Å²) in [6.45, 7) is 14.2. The van der Waals surface area contributed by atoms with Crippen LogP contribution in [0, 0.1) is 11.3 Å². The van der Waals surface area contributed by atoms with Crippen LogP contribution in [0.4, 0.5) is 0 Å². The summed E-state index contributed by atoms with van der Waals surface area (Å²) in [5.41, 5.74) is 0.512. The van der Waals surface area contributed by atoms with Gasteiger partial charge in [0.1, 0.15) is 0 Å². The summed E-state index contributed by atoms with van der Waals surface area (Å²) >= 11 is 0. The first-order valence-electron chi connectivity index (χ1n) is 9.53. The molecule has 0 aromatic carbocycles. The van der Waals surface area contributed by atoms with E-state index in [0.29, 0.717) is 5.41 Å². The minimum absolute atomic E-state index is 0.126. The zero-order valence-electron chi connectivity index (χ0n) is 15.2. The average molecular weight is 315 g/mol. The fraction of sp³-hybridized carbons (Fsp3) is 1.00. The minimum Gasteiger partial charge on any atom is -0.317 e. The molecule has 0 radical (unpaired) electrons. The summed E-state index contributed by atoms with van der Waals surface area (Å²) in [7, 11) is 0. The van der Waals surface area contributed by atoms with Crippen LogP contribution in [-0.2, 0) is 4.89 Å². The molecule has 0 atom stereocenters. The van der Waals surface area contributed by atoms with Crippen LogP contribution in [0.1, 0.15) is 66.2 Å². The van der Waals surface area contributed by atoms with Crippen LogP contribution in [0.5, 0.6) is 0 Å². The van der Waals surface area contributed by atoms with Gasteiger partial charge in [-0.25, -0.2) is 4.89 Å². The Morgan fingerprint density at radius 1 is 1.05 bits per heavy atom. The van der Waals surface area contributed by atoms with E-state index in [4.69, 9.17) is 5.26 Å². The molecular formula is C18H38N2O2. The predicted octanol–water partition coefficient (Wildman–Crippen LogP) is 3.77. The molecule has 3 aliphatic rings. The third-order valence-electron chi connectivity index (χ3n) is 5.36. The molecule has 4 heteroatoms. The highest BCUT2D eigenvalue weighted by molar-refractivity contribution is 4.97. The van der Waals surface area contributed by atoms with Gasteiger partial charge in [0.05, 0.1) is 6.10 Å². The lowest BCUT2D eigenvalue weighted by molar-refractivity contribution is -0.316. The summed E-state index contributed by atoms with van der Waals surface area (Å²) < 4.78 is 0. The number of likely N-dealkylation sites (tertiary alicyclic amines) is 1. The number of piperidine rings is 2. The molecule has 4 nitrogen and oxygen atoms in total. The number of hydrogen-bond donors (Lipinski definition) is 2. The highest BCUT2D eigenvalue weighted by Crippen LogP contribution is 2.50. The van der Waals surface area contributed by atoms with Gasteiger partial charge in [-0.05, 0) is 76.0 Å². The van der Waals surface area contributed by atoms with Gasteiger partial charge < -0.3 is 10.2 Å². The summed E-state index contributed by atoms with van der Waals surface area (Å²) in [5, 5.41) is 12.1. The maximum atomic E-state index is 8.65. The van der Waals surface area contributed by atoms with E-state index in [1.54, 1.807) is 0 Å². The Bertz CT molecular complexity index is 264. The van der Waals surface area contributed by atoms with Crippen LogP contribution in [0.25, 0.3) is 0 Å². The largest absolute Gasteiger partial charge is 0.317 e. The summed E-state index contributed by atoms with van der Waals surface area (Å²) in [5.74, 6) is 0.912. The Labute approximate surface area is 137 Å². The Morgan fingerprint density at radius 3 is 2.09 bits per heavy atom. The van der Waals surface area contributed by atoms with Crippen molar-refractivity contribution in [2.45, 2.75) is 72.3 Å². The molecule has 1 aliphatic carbocycles. The van der Waals surface area contributed by atoms with Crippen molar-refractivity contribution in [1.82, 2.24) is 10.2 Å². The molecule has 2 heterocycles. The van der Waals surface area contributed by atoms with Crippen molar-refractivity contribution in [1.29, 1.82) is 0 Å².